The van der Waals surface area contributed by atoms with Crippen LogP contribution in [0.5, 0.6) is 0 Å². The van der Waals surface area contributed by atoms with E-state index in [4.69, 9.17) is 0 Å². The Bertz CT molecular complexity index is 455. The van der Waals surface area contributed by atoms with Crippen LogP contribution in [0.2, 0.25) is 0 Å². The highest BCUT2D eigenvalue weighted by atomic mass is 16.2. The van der Waals surface area contributed by atoms with Gasteiger partial charge in [0, 0.05) is 32.2 Å². The number of piperidine rings is 1. The highest BCUT2D eigenvalue weighted by molar-refractivity contribution is 5.86. The quantitative estimate of drug-likeness (QED) is 0.597. The van der Waals surface area contributed by atoms with Crippen molar-refractivity contribution in [2.24, 2.45) is 4.99 Å². The summed E-state index contributed by atoms with van der Waals surface area (Å²) in [6, 6.07) is 1.02. The maximum atomic E-state index is 12.2. The number of rotatable bonds is 4. The Kier molecular flexibility index (Phi) is 6.96. The SMILES string of the molecule is CN=C(NCC(=O)NC1CCCCC1)N1CCC(N2CCCCC2)C1. The number of aliphatic imine (C=N–C) groups is 1. The lowest BCUT2D eigenvalue weighted by Crippen LogP contribution is -2.48. The molecule has 1 unspecified atom stereocenters. The van der Waals surface area contributed by atoms with Crippen LogP contribution < -0.4 is 10.6 Å². The van der Waals surface area contributed by atoms with E-state index < -0.39 is 0 Å². The predicted octanol–water partition coefficient (Wildman–Crippen LogP) is 1.57. The normalized spacial score (nSPS) is 26.7. The van der Waals surface area contributed by atoms with Crippen LogP contribution in [0.25, 0.3) is 0 Å². The number of amides is 1. The Morgan fingerprint density at radius 3 is 2.44 bits per heavy atom. The fourth-order valence-corrected chi connectivity index (χ4v) is 4.53. The molecular formula is C19H35N5O. The first kappa shape index (κ1) is 18.5. The molecule has 2 N–H and O–H groups in total. The lowest BCUT2D eigenvalue weighted by atomic mass is 9.95. The van der Waals surface area contributed by atoms with Crippen LogP contribution in [-0.2, 0) is 4.79 Å². The Balaban J connectivity index is 1.40. The number of nitrogens with one attached hydrogen (secondary N) is 2. The monoisotopic (exact) mass is 349 g/mol. The second-order valence-electron chi connectivity index (χ2n) is 7.79. The summed E-state index contributed by atoms with van der Waals surface area (Å²) in [5.74, 6) is 0.970. The molecule has 2 heterocycles. The zero-order valence-electron chi connectivity index (χ0n) is 15.8. The Morgan fingerprint density at radius 2 is 1.72 bits per heavy atom. The van der Waals surface area contributed by atoms with Crippen molar-refractivity contribution < 1.29 is 4.79 Å². The van der Waals surface area contributed by atoms with E-state index >= 15 is 0 Å². The first-order valence-corrected chi connectivity index (χ1v) is 10.3. The molecule has 142 valence electrons. The molecular weight excluding hydrogens is 314 g/mol. The standard InChI is InChI=1S/C19H35N5O/c1-20-19(21-14-18(25)22-16-8-4-2-5-9-16)24-13-10-17(15-24)23-11-6-3-7-12-23/h16-17H,2-15H2,1H3,(H,20,21)(H,22,25). The van der Waals surface area contributed by atoms with E-state index in [0.29, 0.717) is 18.6 Å². The molecule has 0 aromatic rings. The third kappa shape index (κ3) is 5.33. The van der Waals surface area contributed by atoms with Crippen molar-refractivity contribution >= 4 is 11.9 Å². The lowest BCUT2D eigenvalue weighted by Gasteiger charge is -2.32. The van der Waals surface area contributed by atoms with Crippen LogP contribution in [0.4, 0.5) is 0 Å². The maximum Gasteiger partial charge on any atom is 0.239 e. The summed E-state index contributed by atoms with van der Waals surface area (Å²) in [5, 5.41) is 6.44. The van der Waals surface area contributed by atoms with Gasteiger partial charge in [0.2, 0.25) is 5.91 Å². The van der Waals surface area contributed by atoms with Crippen molar-refractivity contribution in [3.8, 4) is 0 Å². The maximum absolute atomic E-state index is 12.2. The molecule has 6 heteroatoms. The van der Waals surface area contributed by atoms with Crippen molar-refractivity contribution in [1.82, 2.24) is 20.4 Å². The van der Waals surface area contributed by atoms with Gasteiger partial charge in [0.15, 0.2) is 5.96 Å². The van der Waals surface area contributed by atoms with Gasteiger partial charge in [0.25, 0.3) is 0 Å². The topological polar surface area (TPSA) is 60.0 Å². The summed E-state index contributed by atoms with van der Waals surface area (Å²) < 4.78 is 0. The minimum Gasteiger partial charge on any atom is -0.352 e. The van der Waals surface area contributed by atoms with E-state index in [1.807, 2.05) is 7.05 Å². The molecule has 1 atom stereocenters. The van der Waals surface area contributed by atoms with Crippen LogP contribution in [0, 0.1) is 0 Å². The molecule has 25 heavy (non-hydrogen) atoms. The van der Waals surface area contributed by atoms with Crippen LogP contribution in [0.1, 0.15) is 57.8 Å². The van der Waals surface area contributed by atoms with Crippen LogP contribution in [0.15, 0.2) is 4.99 Å². The smallest absolute Gasteiger partial charge is 0.239 e. The highest BCUT2D eigenvalue weighted by Crippen LogP contribution is 2.20. The number of likely N-dealkylation sites (tertiary alicyclic amines) is 2. The van der Waals surface area contributed by atoms with Gasteiger partial charge in [-0.1, -0.05) is 25.7 Å². The number of carbonyl (C=O) groups is 1. The molecule has 1 amide bonds. The second kappa shape index (κ2) is 9.41. The molecule has 0 aromatic carbocycles. The number of nitrogens with zero attached hydrogens (tertiary/aromatic N) is 3. The molecule has 3 aliphatic rings. The molecule has 1 saturated carbocycles. The molecule has 1 aliphatic carbocycles. The highest BCUT2D eigenvalue weighted by Gasteiger charge is 2.30. The van der Waals surface area contributed by atoms with Crippen LogP contribution >= 0.6 is 0 Å². The summed E-state index contributed by atoms with van der Waals surface area (Å²) in [5.41, 5.74) is 0. The number of carbonyl (C=O) groups excluding carboxylic acids is 1. The largest absolute Gasteiger partial charge is 0.352 e. The molecule has 0 aromatic heterocycles. The van der Waals surface area contributed by atoms with E-state index in [1.54, 1.807) is 0 Å². The molecule has 3 fully saturated rings. The fourth-order valence-electron chi connectivity index (χ4n) is 4.53. The zero-order chi connectivity index (χ0) is 17.5. The Morgan fingerprint density at radius 1 is 1.00 bits per heavy atom. The van der Waals surface area contributed by atoms with Gasteiger partial charge in [-0.05, 0) is 45.2 Å². The van der Waals surface area contributed by atoms with Gasteiger partial charge in [-0.2, -0.15) is 0 Å². The van der Waals surface area contributed by atoms with E-state index in [1.165, 1.54) is 58.0 Å². The van der Waals surface area contributed by atoms with Gasteiger partial charge in [-0.15, -0.1) is 0 Å². The second-order valence-corrected chi connectivity index (χ2v) is 7.79. The van der Waals surface area contributed by atoms with Crippen molar-refractivity contribution in [1.29, 1.82) is 0 Å². The molecule has 2 saturated heterocycles. The van der Waals surface area contributed by atoms with E-state index in [-0.39, 0.29) is 5.91 Å². The summed E-state index contributed by atoms with van der Waals surface area (Å²) in [6.07, 6.45) is 11.3. The molecule has 3 rings (SSSR count). The number of hydrogen-bond acceptors (Lipinski definition) is 3. The first-order valence-electron chi connectivity index (χ1n) is 10.3. The summed E-state index contributed by atoms with van der Waals surface area (Å²) in [4.78, 5) is 21.6. The van der Waals surface area contributed by atoms with Crippen LogP contribution in [0.3, 0.4) is 0 Å². The van der Waals surface area contributed by atoms with Gasteiger partial charge < -0.3 is 15.5 Å². The molecule has 0 spiro atoms. The number of guanidine groups is 1. The average molecular weight is 350 g/mol. The Hall–Kier alpha value is -1.30. The summed E-state index contributed by atoms with van der Waals surface area (Å²) in [6.45, 7) is 4.88. The molecule has 6 nitrogen and oxygen atoms in total. The zero-order valence-corrected chi connectivity index (χ0v) is 15.8. The van der Waals surface area contributed by atoms with Crippen LogP contribution in [-0.4, -0.2) is 73.5 Å². The minimum atomic E-state index is 0.0971. The van der Waals surface area contributed by atoms with Crippen molar-refractivity contribution in [2.45, 2.75) is 69.9 Å². The fraction of sp³-hybridized carbons (Fsp3) is 0.895. The van der Waals surface area contributed by atoms with Gasteiger partial charge >= 0.3 is 0 Å². The van der Waals surface area contributed by atoms with Gasteiger partial charge in [0.05, 0.1) is 6.54 Å². The molecule has 0 bridgehead atoms. The molecule has 2 aliphatic heterocycles. The third-order valence-electron chi connectivity index (χ3n) is 5.96. The molecule has 0 radical (unpaired) electrons. The minimum absolute atomic E-state index is 0.0971. The average Bonchev–Trinajstić information content (AvgIpc) is 3.14. The Labute approximate surface area is 152 Å². The summed E-state index contributed by atoms with van der Waals surface area (Å²) in [7, 11) is 1.82. The van der Waals surface area contributed by atoms with E-state index in [2.05, 4.69) is 25.4 Å². The van der Waals surface area contributed by atoms with Gasteiger partial charge in [-0.25, -0.2) is 0 Å². The van der Waals surface area contributed by atoms with E-state index in [0.717, 1.165) is 31.9 Å². The van der Waals surface area contributed by atoms with E-state index in [9.17, 15) is 4.79 Å². The lowest BCUT2D eigenvalue weighted by molar-refractivity contribution is -0.120. The van der Waals surface area contributed by atoms with Gasteiger partial charge in [0.1, 0.15) is 0 Å². The van der Waals surface area contributed by atoms with Gasteiger partial charge in [-0.3, -0.25) is 14.7 Å². The third-order valence-corrected chi connectivity index (χ3v) is 5.96. The van der Waals surface area contributed by atoms with Crippen molar-refractivity contribution in [2.75, 3.05) is 39.8 Å². The first-order chi connectivity index (χ1) is 12.3. The van der Waals surface area contributed by atoms with Crippen molar-refractivity contribution in [3.63, 3.8) is 0 Å². The predicted molar refractivity (Wildman–Crippen MR) is 102 cm³/mol. The van der Waals surface area contributed by atoms with Crippen molar-refractivity contribution in [3.05, 3.63) is 0 Å². The number of hydrogen-bond donors (Lipinski definition) is 2. The summed E-state index contributed by atoms with van der Waals surface area (Å²) >= 11 is 0.